The van der Waals surface area contributed by atoms with Crippen LogP contribution in [0, 0.1) is 0 Å². The first-order chi connectivity index (χ1) is 15.2. The van der Waals surface area contributed by atoms with Gasteiger partial charge in [-0.2, -0.15) is 0 Å². The fraction of sp³-hybridized carbons (Fsp3) is 0.120. The Bertz CT molecular complexity index is 1290. The highest BCUT2D eigenvalue weighted by atomic mass is 16.5. The van der Waals surface area contributed by atoms with Crippen LogP contribution in [0.1, 0.15) is 15.9 Å². The van der Waals surface area contributed by atoms with Gasteiger partial charge in [0, 0.05) is 35.6 Å². The van der Waals surface area contributed by atoms with Gasteiger partial charge < -0.3 is 9.64 Å². The van der Waals surface area contributed by atoms with Crippen LogP contribution in [0.15, 0.2) is 79.1 Å². The number of esters is 1. The van der Waals surface area contributed by atoms with Gasteiger partial charge in [-0.3, -0.25) is 9.78 Å². The van der Waals surface area contributed by atoms with E-state index in [-0.39, 0.29) is 12.5 Å². The second kappa shape index (κ2) is 7.99. The molecule has 0 N–H and O–H groups in total. The van der Waals surface area contributed by atoms with Crippen molar-refractivity contribution in [1.82, 2.24) is 9.97 Å². The number of hydrogen-bond acceptors (Lipinski definition) is 5. The van der Waals surface area contributed by atoms with Gasteiger partial charge in [0.15, 0.2) is 6.61 Å². The smallest absolute Gasteiger partial charge is 0.339 e. The molecule has 31 heavy (non-hydrogen) atoms. The lowest BCUT2D eigenvalue weighted by Gasteiger charge is -2.17. The van der Waals surface area contributed by atoms with E-state index in [1.54, 1.807) is 23.4 Å². The van der Waals surface area contributed by atoms with Crippen LogP contribution in [0.3, 0.4) is 0 Å². The van der Waals surface area contributed by atoms with Crippen molar-refractivity contribution in [2.75, 3.05) is 18.1 Å². The Labute approximate surface area is 179 Å². The SMILES string of the molecule is O=C(OCC(=O)N1CCc2ccccc21)c1cc(-c2cccnc2)nc2ccccc12. The minimum absolute atomic E-state index is 0.232. The Balaban J connectivity index is 1.40. The van der Waals surface area contributed by atoms with Crippen molar-refractivity contribution in [2.24, 2.45) is 0 Å². The number of ether oxygens (including phenoxy) is 1. The molecule has 0 saturated heterocycles. The van der Waals surface area contributed by atoms with Crippen LogP contribution in [0.2, 0.25) is 0 Å². The van der Waals surface area contributed by atoms with Crippen molar-refractivity contribution in [1.29, 1.82) is 0 Å². The van der Waals surface area contributed by atoms with E-state index >= 15 is 0 Å². The zero-order valence-electron chi connectivity index (χ0n) is 16.7. The number of fused-ring (bicyclic) bond motifs is 2. The molecule has 1 aliphatic heterocycles. The van der Waals surface area contributed by atoms with Crippen LogP contribution in [0.25, 0.3) is 22.2 Å². The average molecular weight is 409 g/mol. The molecule has 0 atom stereocenters. The highest BCUT2D eigenvalue weighted by Crippen LogP contribution is 2.28. The Kier molecular flexibility index (Phi) is 4.88. The van der Waals surface area contributed by atoms with E-state index in [0.717, 1.165) is 23.2 Å². The number of rotatable bonds is 4. The van der Waals surface area contributed by atoms with Gasteiger partial charge in [-0.15, -0.1) is 0 Å². The summed E-state index contributed by atoms with van der Waals surface area (Å²) in [6.07, 6.45) is 4.18. The van der Waals surface area contributed by atoms with Crippen LogP contribution in [0.5, 0.6) is 0 Å². The summed E-state index contributed by atoms with van der Waals surface area (Å²) < 4.78 is 5.44. The summed E-state index contributed by atoms with van der Waals surface area (Å²) in [4.78, 5) is 36.1. The van der Waals surface area contributed by atoms with E-state index < -0.39 is 5.97 Å². The standard InChI is InChI=1S/C25H19N3O3/c29-24(28-13-11-17-6-1-4-10-23(17)28)16-31-25(30)20-14-22(18-7-5-12-26-15-18)27-21-9-3-2-8-19(20)21/h1-10,12,14-15H,11,13,16H2. The largest absolute Gasteiger partial charge is 0.452 e. The summed E-state index contributed by atoms with van der Waals surface area (Å²) in [5.74, 6) is -0.784. The minimum atomic E-state index is -0.551. The second-order valence-corrected chi connectivity index (χ2v) is 7.31. The van der Waals surface area contributed by atoms with E-state index in [0.29, 0.717) is 28.7 Å². The van der Waals surface area contributed by atoms with Gasteiger partial charge in [0.05, 0.1) is 16.8 Å². The fourth-order valence-electron chi connectivity index (χ4n) is 3.89. The van der Waals surface area contributed by atoms with Gasteiger partial charge in [-0.25, -0.2) is 9.78 Å². The van der Waals surface area contributed by atoms with Gasteiger partial charge in [0.2, 0.25) is 0 Å². The molecule has 0 spiro atoms. The van der Waals surface area contributed by atoms with Crippen LogP contribution in [-0.2, 0) is 16.0 Å². The van der Waals surface area contributed by atoms with Crippen LogP contribution in [-0.4, -0.2) is 35.0 Å². The summed E-state index contributed by atoms with van der Waals surface area (Å²) in [7, 11) is 0. The summed E-state index contributed by atoms with van der Waals surface area (Å²) in [5, 5.41) is 0.680. The molecular formula is C25H19N3O3. The van der Waals surface area contributed by atoms with Crippen LogP contribution < -0.4 is 4.90 Å². The third-order valence-corrected chi connectivity index (χ3v) is 5.41. The molecule has 0 fully saturated rings. The number of para-hydroxylation sites is 2. The highest BCUT2D eigenvalue weighted by Gasteiger charge is 2.25. The van der Waals surface area contributed by atoms with Gasteiger partial charge in [0.25, 0.3) is 5.91 Å². The number of benzene rings is 2. The molecule has 0 aliphatic carbocycles. The topological polar surface area (TPSA) is 72.4 Å². The quantitative estimate of drug-likeness (QED) is 0.476. The minimum Gasteiger partial charge on any atom is -0.452 e. The Morgan fingerprint density at radius 1 is 1.00 bits per heavy atom. The zero-order chi connectivity index (χ0) is 21.2. The number of aromatic nitrogens is 2. The molecule has 6 heteroatoms. The molecule has 0 radical (unpaired) electrons. The zero-order valence-corrected chi connectivity index (χ0v) is 16.7. The van der Waals surface area contributed by atoms with Crippen molar-refractivity contribution < 1.29 is 14.3 Å². The molecule has 5 rings (SSSR count). The van der Waals surface area contributed by atoms with Crippen LogP contribution in [0.4, 0.5) is 5.69 Å². The van der Waals surface area contributed by atoms with Gasteiger partial charge >= 0.3 is 5.97 Å². The average Bonchev–Trinajstić information content (AvgIpc) is 3.26. The van der Waals surface area contributed by atoms with E-state index in [4.69, 9.17) is 4.74 Å². The molecule has 1 aliphatic rings. The maximum Gasteiger partial charge on any atom is 0.339 e. The number of carbonyl (C=O) groups excluding carboxylic acids is 2. The third-order valence-electron chi connectivity index (χ3n) is 5.41. The van der Waals surface area contributed by atoms with Gasteiger partial charge in [0.1, 0.15) is 0 Å². The number of pyridine rings is 2. The molecule has 3 heterocycles. The highest BCUT2D eigenvalue weighted by molar-refractivity contribution is 6.06. The van der Waals surface area contributed by atoms with Crippen LogP contribution >= 0.6 is 0 Å². The van der Waals surface area contributed by atoms with E-state index in [2.05, 4.69) is 9.97 Å². The molecule has 0 saturated carbocycles. The molecule has 152 valence electrons. The van der Waals surface area contributed by atoms with Gasteiger partial charge in [-0.05, 0) is 42.3 Å². The molecule has 2 aromatic carbocycles. The Morgan fingerprint density at radius 2 is 1.84 bits per heavy atom. The lowest BCUT2D eigenvalue weighted by atomic mass is 10.1. The summed E-state index contributed by atoms with van der Waals surface area (Å²) in [5.41, 5.74) is 4.49. The number of carbonyl (C=O) groups is 2. The lowest BCUT2D eigenvalue weighted by Crippen LogP contribution is -2.33. The van der Waals surface area contributed by atoms with Crippen molar-refractivity contribution in [3.8, 4) is 11.3 Å². The predicted molar refractivity (Wildman–Crippen MR) is 118 cm³/mol. The maximum absolute atomic E-state index is 13.0. The Hall–Kier alpha value is -4.06. The first-order valence-electron chi connectivity index (χ1n) is 10.1. The molecule has 4 aromatic rings. The molecule has 1 amide bonds. The predicted octanol–water partition coefficient (Wildman–Crippen LogP) is 4.04. The Morgan fingerprint density at radius 3 is 2.71 bits per heavy atom. The first-order valence-corrected chi connectivity index (χ1v) is 10.1. The summed E-state index contributed by atoms with van der Waals surface area (Å²) >= 11 is 0. The summed E-state index contributed by atoms with van der Waals surface area (Å²) in [6, 6.07) is 20.6. The number of anilines is 1. The normalized spacial score (nSPS) is 12.6. The molecule has 6 nitrogen and oxygen atoms in total. The first kappa shape index (κ1) is 18.9. The van der Waals surface area contributed by atoms with E-state index in [1.165, 1.54) is 0 Å². The van der Waals surface area contributed by atoms with Crippen molar-refractivity contribution >= 4 is 28.5 Å². The maximum atomic E-state index is 13.0. The van der Waals surface area contributed by atoms with Crippen molar-refractivity contribution in [2.45, 2.75) is 6.42 Å². The van der Waals surface area contributed by atoms with E-state index in [9.17, 15) is 9.59 Å². The van der Waals surface area contributed by atoms with Crippen molar-refractivity contribution in [3.63, 3.8) is 0 Å². The third kappa shape index (κ3) is 3.64. The number of hydrogen-bond donors (Lipinski definition) is 0. The second-order valence-electron chi connectivity index (χ2n) is 7.31. The molecule has 0 bridgehead atoms. The van der Waals surface area contributed by atoms with E-state index in [1.807, 2.05) is 60.7 Å². The summed E-state index contributed by atoms with van der Waals surface area (Å²) in [6.45, 7) is 0.283. The van der Waals surface area contributed by atoms with Gasteiger partial charge in [-0.1, -0.05) is 36.4 Å². The number of nitrogens with zero attached hydrogens (tertiary/aromatic N) is 3. The molecule has 0 unspecified atom stereocenters. The molecular weight excluding hydrogens is 390 g/mol. The monoisotopic (exact) mass is 409 g/mol. The van der Waals surface area contributed by atoms with Crippen molar-refractivity contribution in [3.05, 3.63) is 90.3 Å². The fourth-order valence-corrected chi connectivity index (χ4v) is 3.89. The molecule has 2 aromatic heterocycles. The lowest BCUT2D eigenvalue weighted by molar-refractivity contribution is -0.121. The number of amides is 1.